The molecule has 0 saturated heterocycles. The molecule has 5 heteroatoms. The van der Waals surface area contributed by atoms with Crippen molar-refractivity contribution < 1.29 is 4.74 Å². The topological polar surface area (TPSA) is 59.9 Å². The van der Waals surface area contributed by atoms with Crippen molar-refractivity contribution in [3.8, 4) is 17.3 Å². The third-order valence-corrected chi connectivity index (χ3v) is 2.11. The van der Waals surface area contributed by atoms with E-state index in [0.717, 1.165) is 5.69 Å². The van der Waals surface area contributed by atoms with Gasteiger partial charge in [0.15, 0.2) is 17.4 Å². The Labute approximate surface area is 93.5 Å². The number of rotatable bonds is 3. The first kappa shape index (κ1) is 10.4. The molecule has 0 amide bonds. The molecule has 0 bridgehead atoms. The van der Waals surface area contributed by atoms with Gasteiger partial charge in [0.05, 0.1) is 13.3 Å². The molecule has 0 fully saturated rings. The second-order valence-corrected chi connectivity index (χ2v) is 3.08. The number of aromatic nitrogens is 3. The molecule has 0 unspecified atom stereocenters. The van der Waals surface area contributed by atoms with Crippen molar-refractivity contribution in [1.82, 2.24) is 15.0 Å². The van der Waals surface area contributed by atoms with Crippen LogP contribution in [0.1, 0.15) is 0 Å². The van der Waals surface area contributed by atoms with Crippen LogP contribution in [0, 0.1) is 0 Å². The molecule has 2 aromatic rings. The minimum atomic E-state index is 0.575. The lowest BCUT2D eigenvalue weighted by molar-refractivity contribution is 0.413. The van der Waals surface area contributed by atoms with Crippen LogP contribution >= 0.6 is 0 Å². The van der Waals surface area contributed by atoms with Gasteiger partial charge in [-0.2, -0.15) is 0 Å². The Kier molecular flexibility index (Phi) is 2.95. The maximum Gasteiger partial charge on any atom is 0.180 e. The maximum atomic E-state index is 5.12. The van der Waals surface area contributed by atoms with Crippen LogP contribution in [0.15, 0.2) is 30.6 Å². The third kappa shape index (κ3) is 1.93. The average molecular weight is 216 g/mol. The molecular formula is C11H12N4O. The summed E-state index contributed by atoms with van der Waals surface area (Å²) in [6, 6.07) is 5.61. The van der Waals surface area contributed by atoms with E-state index in [4.69, 9.17) is 4.74 Å². The van der Waals surface area contributed by atoms with Gasteiger partial charge < -0.3 is 10.1 Å². The summed E-state index contributed by atoms with van der Waals surface area (Å²) in [5.74, 6) is 1.84. The monoisotopic (exact) mass is 216 g/mol. The van der Waals surface area contributed by atoms with E-state index >= 15 is 0 Å². The second kappa shape index (κ2) is 4.57. The van der Waals surface area contributed by atoms with Gasteiger partial charge in [0.1, 0.15) is 5.69 Å². The highest BCUT2D eigenvalue weighted by molar-refractivity contribution is 5.56. The van der Waals surface area contributed by atoms with Gasteiger partial charge in [-0.1, -0.05) is 6.07 Å². The van der Waals surface area contributed by atoms with Gasteiger partial charge in [-0.25, -0.2) is 9.97 Å². The Morgan fingerprint density at radius 1 is 1.25 bits per heavy atom. The number of nitrogens with one attached hydrogen (secondary N) is 1. The molecule has 0 radical (unpaired) electrons. The van der Waals surface area contributed by atoms with Crippen LogP contribution in [0.4, 0.5) is 5.82 Å². The van der Waals surface area contributed by atoms with Crippen LogP contribution < -0.4 is 10.1 Å². The van der Waals surface area contributed by atoms with Crippen LogP contribution in [-0.4, -0.2) is 29.1 Å². The molecule has 2 aromatic heterocycles. The number of pyridine rings is 1. The third-order valence-electron chi connectivity index (χ3n) is 2.11. The van der Waals surface area contributed by atoms with Crippen molar-refractivity contribution in [3.05, 3.63) is 30.6 Å². The fourth-order valence-corrected chi connectivity index (χ4v) is 1.32. The van der Waals surface area contributed by atoms with Gasteiger partial charge in [0.2, 0.25) is 0 Å². The van der Waals surface area contributed by atoms with E-state index in [1.54, 1.807) is 26.6 Å². The summed E-state index contributed by atoms with van der Waals surface area (Å²) < 4.78 is 5.12. The molecule has 1 N–H and O–H groups in total. The van der Waals surface area contributed by atoms with Gasteiger partial charge in [-0.15, -0.1) is 0 Å². The van der Waals surface area contributed by atoms with Crippen LogP contribution in [0.5, 0.6) is 5.75 Å². The highest BCUT2D eigenvalue weighted by atomic mass is 16.5. The minimum absolute atomic E-state index is 0.575. The van der Waals surface area contributed by atoms with E-state index < -0.39 is 0 Å². The van der Waals surface area contributed by atoms with E-state index in [1.807, 2.05) is 18.2 Å². The van der Waals surface area contributed by atoms with Crippen LogP contribution in [0.3, 0.4) is 0 Å². The van der Waals surface area contributed by atoms with Crippen molar-refractivity contribution >= 4 is 5.82 Å². The molecule has 0 aliphatic carbocycles. The molecule has 5 nitrogen and oxygen atoms in total. The summed E-state index contributed by atoms with van der Waals surface area (Å²) in [5, 5.41) is 2.95. The van der Waals surface area contributed by atoms with E-state index in [9.17, 15) is 0 Å². The fourth-order valence-electron chi connectivity index (χ4n) is 1.32. The van der Waals surface area contributed by atoms with Gasteiger partial charge >= 0.3 is 0 Å². The quantitative estimate of drug-likeness (QED) is 0.844. The van der Waals surface area contributed by atoms with Crippen LogP contribution in [0.25, 0.3) is 11.5 Å². The Bertz CT molecular complexity index is 473. The number of nitrogens with zero attached hydrogens (tertiary/aromatic N) is 3. The standard InChI is InChI=1S/C11H12N4O/c1-12-11-9(16-2)7-14-10(15-11)8-5-3-4-6-13-8/h3-7H,1-2H3,(H,12,14,15). The second-order valence-electron chi connectivity index (χ2n) is 3.08. The van der Waals surface area contributed by atoms with Crippen molar-refractivity contribution in [2.24, 2.45) is 0 Å². The zero-order chi connectivity index (χ0) is 11.4. The maximum absolute atomic E-state index is 5.12. The first-order chi connectivity index (χ1) is 7.85. The Hall–Kier alpha value is -2.17. The molecule has 2 heterocycles. The summed E-state index contributed by atoms with van der Waals surface area (Å²) in [6.07, 6.45) is 3.34. The largest absolute Gasteiger partial charge is 0.491 e. The lowest BCUT2D eigenvalue weighted by Crippen LogP contribution is -2.00. The Balaban J connectivity index is 2.44. The van der Waals surface area contributed by atoms with Gasteiger partial charge in [-0.3, -0.25) is 4.98 Å². The molecule has 0 aromatic carbocycles. The molecule has 0 spiro atoms. The molecule has 0 atom stereocenters. The minimum Gasteiger partial charge on any atom is -0.491 e. The van der Waals surface area contributed by atoms with Crippen molar-refractivity contribution in [1.29, 1.82) is 0 Å². The highest BCUT2D eigenvalue weighted by Gasteiger charge is 2.07. The summed E-state index contributed by atoms with van der Waals surface area (Å²) in [5.41, 5.74) is 0.738. The van der Waals surface area contributed by atoms with E-state index in [-0.39, 0.29) is 0 Å². The lowest BCUT2D eigenvalue weighted by Gasteiger charge is -2.07. The Morgan fingerprint density at radius 3 is 2.75 bits per heavy atom. The number of methoxy groups -OCH3 is 1. The summed E-state index contributed by atoms with van der Waals surface area (Å²) in [6.45, 7) is 0. The molecule has 0 aliphatic heterocycles. The average Bonchev–Trinajstić information content (AvgIpc) is 2.39. The first-order valence-corrected chi connectivity index (χ1v) is 4.85. The van der Waals surface area contributed by atoms with Gasteiger partial charge in [0.25, 0.3) is 0 Å². The van der Waals surface area contributed by atoms with Crippen molar-refractivity contribution in [2.75, 3.05) is 19.5 Å². The number of anilines is 1. The highest BCUT2D eigenvalue weighted by Crippen LogP contribution is 2.22. The zero-order valence-electron chi connectivity index (χ0n) is 9.14. The molecular weight excluding hydrogens is 204 g/mol. The smallest absolute Gasteiger partial charge is 0.180 e. The number of ether oxygens (including phenoxy) is 1. The molecule has 2 rings (SSSR count). The molecule has 16 heavy (non-hydrogen) atoms. The summed E-state index contributed by atoms with van der Waals surface area (Å²) >= 11 is 0. The summed E-state index contributed by atoms with van der Waals surface area (Å²) in [4.78, 5) is 12.7. The van der Waals surface area contributed by atoms with E-state index in [2.05, 4.69) is 20.3 Å². The van der Waals surface area contributed by atoms with Gasteiger partial charge in [-0.05, 0) is 12.1 Å². The Morgan fingerprint density at radius 2 is 2.12 bits per heavy atom. The predicted molar refractivity (Wildman–Crippen MR) is 61.4 cm³/mol. The van der Waals surface area contributed by atoms with Crippen molar-refractivity contribution in [2.45, 2.75) is 0 Å². The first-order valence-electron chi connectivity index (χ1n) is 4.85. The molecule has 82 valence electrons. The zero-order valence-corrected chi connectivity index (χ0v) is 9.14. The lowest BCUT2D eigenvalue weighted by atomic mass is 10.3. The molecule has 0 aliphatic rings. The van der Waals surface area contributed by atoms with Crippen molar-refractivity contribution in [3.63, 3.8) is 0 Å². The molecule has 0 saturated carbocycles. The van der Waals surface area contributed by atoms with E-state index in [1.165, 1.54) is 0 Å². The van der Waals surface area contributed by atoms with Gasteiger partial charge in [0, 0.05) is 13.2 Å². The summed E-state index contributed by atoms with van der Waals surface area (Å²) in [7, 11) is 3.37. The normalized spacial score (nSPS) is 9.88. The number of hydrogen-bond acceptors (Lipinski definition) is 5. The fraction of sp³-hybridized carbons (Fsp3) is 0.182. The van der Waals surface area contributed by atoms with Crippen LogP contribution in [-0.2, 0) is 0 Å². The predicted octanol–water partition coefficient (Wildman–Crippen LogP) is 1.59. The van der Waals surface area contributed by atoms with Crippen LogP contribution in [0.2, 0.25) is 0 Å². The SMILES string of the molecule is CNc1nc(-c2ccccn2)ncc1OC. The van der Waals surface area contributed by atoms with E-state index in [0.29, 0.717) is 17.4 Å². The number of hydrogen-bond donors (Lipinski definition) is 1.